The second kappa shape index (κ2) is 7.52. The Hall–Kier alpha value is -2.30. The SMILES string of the molecule is CCN(Cc1nc(-c2cccs2)no1)S(=O)(=O)c1ccc(OC)c(F)c1. The van der Waals surface area contributed by atoms with Crippen LogP contribution in [0.3, 0.4) is 0 Å². The minimum atomic E-state index is -3.93. The quantitative estimate of drug-likeness (QED) is 0.609. The molecule has 0 spiro atoms. The standard InChI is InChI=1S/C16H16FN3O4S2/c1-3-20(10-15-18-16(19-24-15)14-5-4-8-25-14)26(21,22)11-6-7-13(23-2)12(17)9-11/h4-9H,3,10H2,1-2H3. The third kappa shape index (κ3) is 3.62. The highest BCUT2D eigenvalue weighted by molar-refractivity contribution is 7.89. The molecule has 7 nitrogen and oxygen atoms in total. The molecule has 0 fully saturated rings. The van der Waals surface area contributed by atoms with Crippen LogP contribution in [0.15, 0.2) is 45.1 Å². The Labute approximate surface area is 154 Å². The number of aromatic nitrogens is 2. The molecule has 0 atom stereocenters. The number of sulfonamides is 1. The summed E-state index contributed by atoms with van der Waals surface area (Å²) in [5.41, 5.74) is 0. The van der Waals surface area contributed by atoms with Crippen molar-refractivity contribution >= 4 is 21.4 Å². The van der Waals surface area contributed by atoms with Crippen molar-refractivity contribution in [3.63, 3.8) is 0 Å². The molecule has 0 aliphatic rings. The van der Waals surface area contributed by atoms with Crippen LogP contribution in [0.2, 0.25) is 0 Å². The maximum Gasteiger partial charge on any atom is 0.243 e. The molecule has 0 saturated carbocycles. The molecule has 0 amide bonds. The summed E-state index contributed by atoms with van der Waals surface area (Å²) in [5.74, 6) is -0.210. The van der Waals surface area contributed by atoms with Crippen molar-refractivity contribution in [2.24, 2.45) is 0 Å². The second-order valence-corrected chi connectivity index (χ2v) is 8.10. The first-order valence-electron chi connectivity index (χ1n) is 7.66. The van der Waals surface area contributed by atoms with Gasteiger partial charge in [0.25, 0.3) is 0 Å². The smallest absolute Gasteiger partial charge is 0.243 e. The van der Waals surface area contributed by atoms with Gasteiger partial charge in [-0.3, -0.25) is 0 Å². The highest BCUT2D eigenvalue weighted by Crippen LogP contribution is 2.25. The van der Waals surface area contributed by atoms with E-state index in [4.69, 9.17) is 9.26 Å². The van der Waals surface area contributed by atoms with Crippen LogP contribution in [-0.4, -0.2) is 36.5 Å². The van der Waals surface area contributed by atoms with Gasteiger partial charge in [-0.15, -0.1) is 11.3 Å². The van der Waals surface area contributed by atoms with Crippen molar-refractivity contribution in [3.8, 4) is 16.5 Å². The highest BCUT2D eigenvalue weighted by Gasteiger charge is 2.26. The van der Waals surface area contributed by atoms with E-state index < -0.39 is 15.8 Å². The van der Waals surface area contributed by atoms with Gasteiger partial charge in [-0.05, 0) is 29.6 Å². The Kier molecular flexibility index (Phi) is 5.35. The van der Waals surface area contributed by atoms with Crippen LogP contribution in [0.25, 0.3) is 10.7 Å². The largest absolute Gasteiger partial charge is 0.494 e. The number of nitrogens with zero attached hydrogens (tertiary/aromatic N) is 3. The van der Waals surface area contributed by atoms with Gasteiger partial charge in [0.15, 0.2) is 11.6 Å². The summed E-state index contributed by atoms with van der Waals surface area (Å²) in [4.78, 5) is 4.88. The lowest BCUT2D eigenvalue weighted by atomic mass is 10.3. The summed E-state index contributed by atoms with van der Waals surface area (Å²) in [7, 11) is -2.62. The molecule has 0 saturated heterocycles. The zero-order valence-corrected chi connectivity index (χ0v) is 15.7. The van der Waals surface area contributed by atoms with Gasteiger partial charge in [-0.2, -0.15) is 9.29 Å². The Balaban J connectivity index is 1.85. The molecule has 2 aromatic heterocycles. The minimum absolute atomic E-state index is 0.0236. The van der Waals surface area contributed by atoms with E-state index in [9.17, 15) is 12.8 Å². The lowest BCUT2D eigenvalue weighted by molar-refractivity contribution is 0.321. The van der Waals surface area contributed by atoms with E-state index in [0.717, 1.165) is 15.2 Å². The van der Waals surface area contributed by atoms with Crippen LogP contribution in [0.5, 0.6) is 5.75 Å². The molecule has 0 N–H and O–H groups in total. The van der Waals surface area contributed by atoms with E-state index in [2.05, 4.69) is 10.1 Å². The molecule has 10 heteroatoms. The average Bonchev–Trinajstić information content (AvgIpc) is 3.30. The van der Waals surface area contributed by atoms with Gasteiger partial charge in [0, 0.05) is 6.54 Å². The van der Waals surface area contributed by atoms with E-state index in [1.165, 1.54) is 30.6 Å². The van der Waals surface area contributed by atoms with Gasteiger partial charge in [-0.1, -0.05) is 18.1 Å². The van der Waals surface area contributed by atoms with Gasteiger partial charge in [0.2, 0.25) is 21.7 Å². The van der Waals surface area contributed by atoms with Crippen LogP contribution in [0.1, 0.15) is 12.8 Å². The van der Waals surface area contributed by atoms with Gasteiger partial charge in [0.1, 0.15) is 0 Å². The maximum absolute atomic E-state index is 13.9. The average molecular weight is 397 g/mol. The van der Waals surface area contributed by atoms with Crippen LogP contribution in [0.4, 0.5) is 4.39 Å². The molecular formula is C16H16FN3O4S2. The summed E-state index contributed by atoms with van der Waals surface area (Å²) < 4.78 is 50.6. The van der Waals surface area contributed by atoms with Crippen LogP contribution in [0, 0.1) is 5.82 Å². The maximum atomic E-state index is 13.9. The fourth-order valence-corrected chi connectivity index (χ4v) is 4.36. The van der Waals surface area contributed by atoms with E-state index in [-0.39, 0.29) is 29.6 Å². The monoisotopic (exact) mass is 397 g/mol. The van der Waals surface area contributed by atoms with Crippen LogP contribution >= 0.6 is 11.3 Å². The first-order chi connectivity index (χ1) is 12.5. The molecule has 3 rings (SSSR count). The van der Waals surface area contributed by atoms with Gasteiger partial charge < -0.3 is 9.26 Å². The van der Waals surface area contributed by atoms with Gasteiger partial charge >= 0.3 is 0 Å². The molecular weight excluding hydrogens is 381 g/mol. The van der Waals surface area contributed by atoms with E-state index in [1.54, 1.807) is 6.92 Å². The lowest BCUT2D eigenvalue weighted by Crippen LogP contribution is -2.30. The summed E-state index contributed by atoms with van der Waals surface area (Å²) in [5, 5.41) is 5.75. The predicted octanol–water partition coefficient (Wildman–Crippen LogP) is 3.16. The summed E-state index contributed by atoms with van der Waals surface area (Å²) in [6.07, 6.45) is 0. The number of benzene rings is 1. The number of rotatable bonds is 7. The topological polar surface area (TPSA) is 85.5 Å². The fraction of sp³-hybridized carbons (Fsp3) is 0.250. The zero-order chi connectivity index (χ0) is 18.7. The first-order valence-corrected chi connectivity index (χ1v) is 9.97. The number of methoxy groups -OCH3 is 1. The number of halogens is 1. The summed E-state index contributed by atoms with van der Waals surface area (Å²) in [6, 6.07) is 7.20. The van der Waals surface area contributed by atoms with Crippen molar-refractivity contribution in [1.82, 2.24) is 14.4 Å². The molecule has 26 heavy (non-hydrogen) atoms. The van der Waals surface area contributed by atoms with Gasteiger partial charge in [0.05, 0.1) is 23.4 Å². The minimum Gasteiger partial charge on any atom is -0.494 e. The van der Waals surface area contributed by atoms with Crippen LogP contribution < -0.4 is 4.74 Å². The molecule has 0 bridgehead atoms. The molecule has 0 aliphatic heterocycles. The van der Waals surface area contributed by atoms with Crippen molar-refractivity contribution in [3.05, 3.63) is 47.4 Å². The molecule has 0 radical (unpaired) electrons. The highest BCUT2D eigenvalue weighted by atomic mass is 32.2. The molecule has 2 heterocycles. The van der Waals surface area contributed by atoms with E-state index in [0.29, 0.717) is 5.82 Å². The molecule has 0 aliphatic carbocycles. The fourth-order valence-electron chi connectivity index (χ4n) is 2.30. The Morgan fingerprint density at radius 2 is 2.15 bits per heavy atom. The number of hydrogen-bond acceptors (Lipinski definition) is 7. The third-order valence-corrected chi connectivity index (χ3v) is 6.42. The second-order valence-electron chi connectivity index (χ2n) is 5.22. The number of hydrogen-bond donors (Lipinski definition) is 0. The molecule has 138 valence electrons. The van der Waals surface area contributed by atoms with E-state index >= 15 is 0 Å². The van der Waals surface area contributed by atoms with Crippen LogP contribution in [-0.2, 0) is 16.6 Å². The summed E-state index contributed by atoms with van der Waals surface area (Å²) in [6.45, 7) is 1.73. The van der Waals surface area contributed by atoms with Crippen molar-refractivity contribution in [2.75, 3.05) is 13.7 Å². The Bertz CT molecular complexity index is 987. The lowest BCUT2D eigenvalue weighted by Gasteiger charge is -2.18. The van der Waals surface area contributed by atoms with Crippen molar-refractivity contribution in [1.29, 1.82) is 0 Å². The first kappa shape index (κ1) is 18.5. The molecule has 0 unspecified atom stereocenters. The molecule has 3 aromatic rings. The Morgan fingerprint density at radius 3 is 2.77 bits per heavy atom. The molecule has 1 aromatic carbocycles. The van der Waals surface area contributed by atoms with E-state index in [1.807, 2.05) is 17.5 Å². The zero-order valence-electron chi connectivity index (χ0n) is 14.0. The Morgan fingerprint density at radius 1 is 1.35 bits per heavy atom. The third-order valence-electron chi connectivity index (χ3n) is 3.64. The number of ether oxygens (including phenoxy) is 1. The van der Waals surface area contributed by atoms with Crippen molar-refractivity contribution < 1.29 is 22.1 Å². The van der Waals surface area contributed by atoms with Gasteiger partial charge in [-0.25, -0.2) is 12.8 Å². The number of thiophene rings is 1. The predicted molar refractivity (Wildman–Crippen MR) is 93.8 cm³/mol. The normalized spacial score (nSPS) is 11.8. The van der Waals surface area contributed by atoms with Crippen molar-refractivity contribution in [2.45, 2.75) is 18.4 Å². The summed E-state index contributed by atoms with van der Waals surface area (Å²) >= 11 is 1.45.